The van der Waals surface area contributed by atoms with Crippen molar-refractivity contribution in [2.24, 2.45) is 4.91 Å². The minimum Gasteiger partial charge on any atom is -0.355 e. The Hall–Kier alpha value is -0.870. The van der Waals surface area contributed by atoms with Gasteiger partial charge in [-0.3, -0.25) is 0 Å². The molecule has 102 valence electrons. The third-order valence-electron chi connectivity index (χ3n) is 2.61. The predicted octanol–water partition coefficient (Wildman–Crippen LogP) is 2.61. The lowest BCUT2D eigenvalue weighted by Gasteiger charge is -2.39. The lowest BCUT2D eigenvalue weighted by Crippen LogP contribution is -2.31. The molecule has 0 heterocycles. The zero-order valence-corrected chi connectivity index (χ0v) is 12.9. The van der Waals surface area contributed by atoms with E-state index < -0.39 is 7.51 Å². The van der Waals surface area contributed by atoms with Gasteiger partial charge in [0.15, 0.2) is 5.75 Å². The zero-order valence-electron chi connectivity index (χ0n) is 12.0. The molecule has 18 heavy (non-hydrogen) atoms. The minimum absolute atomic E-state index is 0.757. The number of rotatable bonds is 5. The molecule has 1 aromatic carbocycles. The van der Waals surface area contributed by atoms with Crippen LogP contribution < -0.4 is 4.84 Å². The molecule has 0 aromatic heterocycles. The van der Waals surface area contributed by atoms with E-state index in [0.29, 0.717) is 0 Å². The highest BCUT2D eigenvalue weighted by Crippen LogP contribution is 2.54. The Kier molecular flexibility index (Phi) is 5.35. The lowest BCUT2D eigenvalue weighted by atomic mass is 10.3. The molecule has 0 saturated carbocycles. The predicted molar refractivity (Wildman–Crippen MR) is 77.5 cm³/mol. The van der Waals surface area contributed by atoms with Crippen LogP contribution in [-0.4, -0.2) is 56.3 Å². The van der Waals surface area contributed by atoms with E-state index in [1.807, 2.05) is 72.6 Å². The molecule has 0 spiro atoms. The smallest absolute Gasteiger partial charge is 0.210 e. The summed E-state index contributed by atoms with van der Waals surface area (Å²) in [4.78, 5) is 10.1. The molecule has 0 aliphatic heterocycles. The Balaban J connectivity index is 3.11. The normalized spacial score (nSPS) is 12.3. The van der Waals surface area contributed by atoms with E-state index in [1.54, 1.807) is 0 Å². The second-order valence-corrected chi connectivity index (χ2v) is 8.20. The molecular formula is C12H23N4OP. The molecule has 0 fully saturated rings. The number of hydrogen-bond acceptors (Lipinski definition) is 2. The molecule has 1 rings (SSSR count). The van der Waals surface area contributed by atoms with Crippen molar-refractivity contribution >= 4 is 7.51 Å². The second kappa shape index (κ2) is 6.34. The second-order valence-electron chi connectivity index (χ2n) is 4.56. The molecule has 0 aliphatic rings. The van der Waals surface area contributed by atoms with Crippen LogP contribution in [0.4, 0.5) is 0 Å². The van der Waals surface area contributed by atoms with Gasteiger partial charge in [-0.05, 0) is 54.4 Å². The molecule has 0 N–H and O–H groups in total. The van der Waals surface area contributed by atoms with Crippen LogP contribution in [-0.2, 0) is 0 Å². The van der Waals surface area contributed by atoms with Gasteiger partial charge < -0.3 is 4.84 Å². The first kappa shape index (κ1) is 15.2. The van der Waals surface area contributed by atoms with Crippen molar-refractivity contribution in [1.29, 1.82) is 0 Å². The van der Waals surface area contributed by atoms with Gasteiger partial charge in [0.25, 0.3) is 0 Å². The fraction of sp³-hybridized carbons (Fsp3) is 0.500. The summed E-state index contributed by atoms with van der Waals surface area (Å²) in [5.41, 5.74) is 0. The molecule has 0 amide bonds. The fourth-order valence-corrected chi connectivity index (χ4v) is 4.66. The van der Waals surface area contributed by atoms with E-state index in [-0.39, 0.29) is 0 Å². The summed E-state index contributed by atoms with van der Waals surface area (Å²) < 4.78 is 6.32. The summed E-state index contributed by atoms with van der Waals surface area (Å²) in [7, 11) is 10.1. The van der Waals surface area contributed by atoms with Crippen molar-refractivity contribution in [3.8, 4) is 5.75 Å². The average Bonchev–Trinajstić information content (AvgIpc) is 2.29. The summed E-state index contributed by atoms with van der Waals surface area (Å²) in [5.74, 6) is 0.757. The van der Waals surface area contributed by atoms with Gasteiger partial charge in [-0.2, -0.15) is 0 Å². The largest absolute Gasteiger partial charge is 0.355 e. The monoisotopic (exact) mass is 270 g/mol. The van der Waals surface area contributed by atoms with Gasteiger partial charge in [0, 0.05) is 0 Å². The molecule has 0 unspecified atom stereocenters. The Morgan fingerprint density at radius 3 is 1.67 bits per heavy atom. The summed E-state index contributed by atoms with van der Waals surface area (Å²) in [5, 5.41) is 0. The number of hydrogen-bond donors (Lipinski definition) is 0. The van der Waals surface area contributed by atoms with Crippen molar-refractivity contribution in [2.45, 2.75) is 0 Å². The third-order valence-corrected chi connectivity index (χ3v) is 6.13. The van der Waals surface area contributed by atoms with Crippen molar-refractivity contribution < 1.29 is 4.84 Å². The Labute approximate surface area is 110 Å². The SMILES string of the molecule is CN(C)P(=NOc1ccccc1)(N(C)C)N(C)C. The topological polar surface area (TPSA) is 31.3 Å². The van der Waals surface area contributed by atoms with E-state index in [1.165, 1.54) is 0 Å². The zero-order chi connectivity index (χ0) is 13.8. The van der Waals surface area contributed by atoms with E-state index >= 15 is 0 Å². The molecule has 0 bridgehead atoms. The Morgan fingerprint density at radius 2 is 1.28 bits per heavy atom. The first-order valence-corrected chi connectivity index (χ1v) is 7.38. The summed E-state index contributed by atoms with van der Waals surface area (Å²) in [6, 6.07) is 9.63. The van der Waals surface area contributed by atoms with Gasteiger partial charge in [-0.15, -0.1) is 0 Å². The molecular weight excluding hydrogens is 247 g/mol. The van der Waals surface area contributed by atoms with Crippen LogP contribution in [0.2, 0.25) is 0 Å². The van der Waals surface area contributed by atoms with E-state index in [0.717, 1.165) is 5.75 Å². The molecule has 0 aliphatic carbocycles. The van der Waals surface area contributed by atoms with Crippen molar-refractivity contribution in [2.75, 3.05) is 42.3 Å². The van der Waals surface area contributed by atoms with Gasteiger partial charge in [0.2, 0.25) is 7.51 Å². The number of para-hydroxylation sites is 1. The van der Waals surface area contributed by atoms with Gasteiger partial charge in [0.1, 0.15) is 0 Å². The maximum Gasteiger partial charge on any atom is 0.210 e. The molecule has 0 saturated heterocycles. The molecule has 5 nitrogen and oxygen atoms in total. The van der Waals surface area contributed by atoms with E-state index in [4.69, 9.17) is 4.84 Å². The van der Waals surface area contributed by atoms with Gasteiger partial charge in [-0.25, -0.2) is 14.0 Å². The maximum atomic E-state index is 5.60. The van der Waals surface area contributed by atoms with Crippen LogP contribution in [0.3, 0.4) is 0 Å². The molecule has 0 atom stereocenters. The maximum absolute atomic E-state index is 5.60. The minimum atomic E-state index is -1.97. The van der Waals surface area contributed by atoms with E-state index in [9.17, 15) is 0 Å². The fourth-order valence-electron chi connectivity index (χ4n) is 1.88. The highest BCUT2D eigenvalue weighted by molar-refractivity contribution is 7.58. The van der Waals surface area contributed by atoms with Gasteiger partial charge in [0.05, 0.1) is 0 Å². The quantitative estimate of drug-likeness (QED) is 0.608. The third kappa shape index (κ3) is 3.12. The van der Waals surface area contributed by atoms with Crippen molar-refractivity contribution in [3.05, 3.63) is 30.3 Å². The Morgan fingerprint density at radius 1 is 0.833 bits per heavy atom. The van der Waals surface area contributed by atoms with Crippen LogP contribution in [0, 0.1) is 0 Å². The van der Waals surface area contributed by atoms with Crippen LogP contribution >= 0.6 is 7.51 Å². The van der Waals surface area contributed by atoms with Crippen molar-refractivity contribution in [3.63, 3.8) is 0 Å². The highest BCUT2D eigenvalue weighted by atomic mass is 31.2. The van der Waals surface area contributed by atoms with Crippen LogP contribution in [0.5, 0.6) is 5.75 Å². The van der Waals surface area contributed by atoms with Gasteiger partial charge in [-0.1, -0.05) is 23.1 Å². The van der Waals surface area contributed by atoms with E-state index in [2.05, 4.69) is 18.9 Å². The average molecular weight is 270 g/mol. The molecule has 1 aromatic rings. The van der Waals surface area contributed by atoms with Gasteiger partial charge >= 0.3 is 0 Å². The standard InChI is InChI=1S/C12H23N4OP/c1-14(2)18(15(3)4,16(5)6)13-17-12-10-8-7-9-11-12/h7-11H,1-6H3. The molecule has 6 heteroatoms. The number of benzene rings is 1. The van der Waals surface area contributed by atoms with Crippen LogP contribution in [0.1, 0.15) is 0 Å². The highest BCUT2D eigenvalue weighted by Gasteiger charge is 2.29. The summed E-state index contributed by atoms with van der Waals surface area (Å²) >= 11 is 0. The first-order chi connectivity index (χ1) is 8.41. The molecule has 0 radical (unpaired) electrons. The lowest BCUT2D eigenvalue weighted by molar-refractivity contribution is 0.324. The number of nitrogens with zero attached hydrogens (tertiary/aromatic N) is 4. The van der Waals surface area contributed by atoms with Crippen molar-refractivity contribution in [1.82, 2.24) is 14.0 Å². The first-order valence-electron chi connectivity index (χ1n) is 5.78. The van der Waals surface area contributed by atoms with Crippen LogP contribution in [0.15, 0.2) is 35.2 Å². The summed E-state index contributed by atoms with van der Waals surface area (Å²) in [6.07, 6.45) is 0. The Bertz CT molecular complexity index is 389. The van der Waals surface area contributed by atoms with Crippen LogP contribution in [0.25, 0.3) is 0 Å². The summed E-state index contributed by atoms with van der Waals surface area (Å²) in [6.45, 7) is 0.